The number of carbonyl (C=O) groups excluding carboxylic acids is 2. The van der Waals surface area contributed by atoms with Crippen LogP contribution < -0.4 is 10.6 Å². The smallest absolute Gasteiger partial charge is 0.181 e. The van der Waals surface area contributed by atoms with Crippen LogP contribution in [-0.2, 0) is 9.59 Å². The van der Waals surface area contributed by atoms with E-state index in [-0.39, 0.29) is 23.4 Å². The molecule has 0 unspecified atom stereocenters. The fraction of sp³-hybridized carbons (Fsp3) is 0.167. The molecular weight excluding hydrogens is 652 g/mol. The Hall–Kier alpha value is -3.74. The van der Waals surface area contributed by atoms with Gasteiger partial charge in [0.25, 0.3) is 0 Å². The van der Waals surface area contributed by atoms with E-state index >= 15 is 0 Å². The Morgan fingerprint density at radius 2 is 0.952 bits per heavy atom. The fourth-order valence-electron chi connectivity index (χ4n) is 6.97. The molecule has 0 radical (unpaired) electrons. The van der Waals surface area contributed by atoms with E-state index in [0.717, 1.165) is 42.6 Å². The minimum Gasteiger partial charge on any atom is -0.372 e. The van der Waals surface area contributed by atoms with E-state index in [1.807, 2.05) is 74.5 Å². The second kappa shape index (κ2) is 9.92. The summed E-state index contributed by atoms with van der Waals surface area (Å²) in [7, 11) is 0. The molecule has 0 saturated heterocycles. The maximum atomic E-state index is 12.6. The van der Waals surface area contributed by atoms with Gasteiger partial charge in [-0.1, -0.05) is 92.5 Å². The van der Waals surface area contributed by atoms with Gasteiger partial charge in [0.05, 0.1) is 0 Å². The van der Waals surface area contributed by atoms with Gasteiger partial charge in [0.15, 0.2) is 11.6 Å². The molecule has 4 aromatic rings. The molecule has 2 aliphatic heterocycles. The Morgan fingerprint density at radius 3 is 1.33 bits per heavy atom. The molecule has 6 heteroatoms. The van der Waals surface area contributed by atoms with E-state index in [1.54, 1.807) is 12.2 Å². The summed E-state index contributed by atoms with van der Waals surface area (Å²) in [4.78, 5) is 25.1. The summed E-state index contributed by atoms with van der Waals surface area (Å²) >= 11 is 7.08. The van der Waals surface area contributed by atoms with Crippen molar-refractivity contribution in [1.82, 2.24) is 0 Å². The van der Waals surface area contributed by atoms with Crippen LogP contribution in [0.4, 0.5) is 11.4 Å². The quantitative estimate of drug-likeness (QED) is 0.222. The van der Waals surface area contributed by atoms with Crippen molar-refractivity contribution in [3.05, 3.63) is 140 Å². The zero-order valence-electron chi connectivity index (χ0n) is 23.1. The number of halogens is 2. The second-order valence-electron chi connectivity index (χ2n) is 11.6. The summed E-state index contributed by atoms with van der Waals surface area (Å²) in [6, 6.07) is 32.7. The predicted molar refractivity (Wildman–Crippen MR) is 177 cm³/mol. The van der Waals surface area contributed by atoms with Crippen molar-refractivity contribution >= 4 is 65.9 Å². The summed E-state index contributed by atoms with van der Waals surface area (Å²) < 4.78 is 2.08. The summed E-state index contributed by atoms with van der Waals surface area (Å²) in [5.41, 5.74) is 7.81. The maximum Gasteiger partial charge on any atom is 0.181 e. The van der Waals surface area contributed by atoms with E-state index < -0.39 is 11.1 Å². The molecule has 2 heterocycles. The highest BCUT2D eigenvalue weighted by Gasteiger charge is 2.54. The van der Waals surface area contributed by atoms with Gasteiger partial charge in [-0.3, -0.25) is 9.59 Å². The van der Waals surface area contributed by atoms with Gasteiger partial charge < -0.3 is 10.6 Å². The SMILES string of the molecule is C[C@@]12Nc3ccc(Br)cc3[C@@H]1C(c1ccccc1)=CC2=O.C[C@@]12Nc3ccc(Br)cc3[C@@H]1C(c1ccccc1)=CC2=O. The summed E-state index contributed by atoms with van der Waals surface area (Å²) in [6.07, 6.45) is 3.60. The van der Waals surface area contributed by atoms with Crippen molar-refractivity contribution < 1.29 is 9.59 Å². The van der Waals surface area contributed by atoms with Crippen LogP contribution >= 0.6 is 31.9 Å². The number of rotatable bonds is 2. The Bertz CT molecular complexity index is 1700. The highest BCUT2D eigenvalue weighted by atomic mass is 79.9. The first-order valence-corrected chi connectivity index (χ1v) is 15.6. The van der Waals surface area contributed by atoms with E-state index in [4.69, 9.17) is 0 Å². The number of ketones is 2. The van der Waals surface area contributed by atoms with E-state index in [1.165, 1.54) is 11.1 Å². The minimum atomic E-state index is -0.561. The number of anilines is 2. The number of nitrogens with one attached hydrogen (secondary N) is 2. The number of hydrogen-bond acceptors (Lipinski definition) is 4. The molecule has 42 heavy (non-hydrogen) atoms. The lowest BCUT2D eigenvalue weighted by atomic mass is 9.81. The lowest BCUT2D eigenvalue weighted by Crippen LogP contribution is -2.40. The molecule has 208 valence electrons. The summed E-state index contributed by atoms with van der Waals surface area (Å²) in [5, 5.41) is 6.85. The highest BCUT2D eigenvalue weighted by Crippen LogP contribution is 2.55. The standard InChI is InChI=1S/2C18H14BrNO/c2*1-18-16(21)10-13(11-5-3-2-4-6-11)17(18)14-9-12(19)7-8-15(14)20-18/h2*2-10,17,20H,1H3/t2*17-,18-/m00/s1. The Kier molecular flexibility index (Phi) is 6.41. The lowest BCUT2D eigenvalue weighted by Gasteiger charge is -2.25. The van der Waals surface area contributed by atoms with Crippen molar-refractivity contribution in [2.45, 2.75) is 36.8 Å². The topological polar surface area (TPSA) is 58.2 Å². The van der Waals surface area contributed by atoms with Gasteiger partial charge in [0, 0.05) is 32.2 Å². The normalized spacial score (nSPS) is 26.1. The Balaban J connectivity index is 0.000000137. The molecule has 0 aromatic heterocycles. The molecule has 4 nitrogen and oxygen atoms in total. The van der Waals surface area contributed by atoms with Crippen LogP contribution in [-0.4, -0.2) is 22.6 Å². The molecule has 4 aliphatic rings. The first-order valence-electron chi connectivity index (χ1n) is 14.0. The monoisotopic (exact) mass is 678 g/mol. The lowest BCUT2D eigenvalue weighted by molar-refractivity contribution is -0.118. The molecule has 0 bridgehead atoms. The predicted octanol–water partition coefficient (Wildman–Crippen LogP) is 8.77. The summed E-state index contributed by atoms with van der Waals surface area (Å²) in [5.74, 6) is 0.442. The molecule has 2 N–H and O–H groups in total. The molecule has 0 fully saturated rings. The Morgan fingerprint density at radius 1 is 0.571 bits per heavy atom. The molecule has 0 spiro atoms. The van der Waals surface area contributed by atoms with E-state index in [9.17, 15) is 9.59 Å². The first kappa shape index (κ1) is 27.1. The van der Waals surface area contributed by atoms with Crippen LogP contribution in [0, 0.1) is 0 Å². The maximum absolute atomic E-state index is 12.6. The van der Waals surface area contributed by atoms with E-state index in [0.29, 0.717) is 0 Å². The number of fused-ring (bicyclic) bond motifs is 6. The average Bonchev–Trinajstić information content (AvgIpc) is 3.63. The van der Waals surface area contributed by atoms with Gasteiger partial charge in [-0.15, -0.1) is 0 Å². The third-order valence-electron chi connectivity index (χ3n) is 9.03. The molecule has 0 amide bonds. The molecule has 0 saturated carbocycles. The van der Waals surface area contributed by atoms with Crippen molar-refractivity contribution in [2.75, 3.05) is 10.6 Å². The zero-order valence-corrected chi connectivity index (χ0v) is 26.3. The van der Waals surface area contributed by atoms with Crippen molar-refractivity contribution in [1.29, 1.82) is 0 Å². The molecule has 4 aromatic carbocycles. The number of carbonyl (C=O) groups is 2. The van der Waals surface area contributed by atoms with Crippen LogP contribution in [0.1, 0.15) is 47.9 Å². The average molecular weight is 680 g/mol. The first-order chi connectivity index (χ1) is 20.2. The summed E-state index contributed by atoms with van der Waals surface area (Å²) in [6.45, 7) is 4.00. The third kappa shape index (κ3) is 4.15. The fourth-order valence-corrected chi connectivity index (χ4v) is 7.73. The van der Waals surface area contributed by atoms with Gasteiger partial charge in [-0.25, -0.2) is 0 Å². The third-order valence-corrected chi connectivity index (χ3v) is 10.0. The van der Waals surface area contributed by atoms with Crippen LogP contribution in [0.15, 0.2) is 118 Å². The van der Waals surface area contributed by atoms with Crippen molar-refractivity contribution in [3.63, 3.8) is 0 Å². The molecule has 4 atom stereocenters. The van der Waals surface area contributed by atoms with Gasteiger partial charge in [-0.2, -0.15) is 0 Å². The van der Waals surface area contributed by atoms with Crippen molar-refractivity contribution in [3.8, 4) is 0 Å². The van der Waals surface area contributed by atoms with Gasteiger partial charge in [0.2, 0.25) is 0 Å². The molecule has 8 rings (SSSR count). The van der Waals surface area contributed by atoms with E-state index in [2.05, 4.69) is 78.9 Å². The number of benzene rings is 4. The van der Waals surface area contributed by atoms with Crippen LogP contribution in [0.2, 0.25) is 0 Å². The minimum absolute atomic E-state index is 0.0694. The van der Waals surface area contributed by atoms with Gasteiger partial charge in [-0.05, 0) is 95.8 Å². The van der Waals surface area contributed by atoms with Crippen LogP contribution in [0.3, 0.4) is 0 Å². The van der Waals surface area contributed by atoms with Gasteiger partial charge >= 0.3 is 0 Å². The van der Waals surface area contributed by atoms with Crippen LogP contribution in [0.25, 0.3) is 11.1 Å². The molecular formula is C36H28Br2N2O2. The van der Waals surface area contributed by atoms with Crippen LogP contribution in [0.5, 0.6) is 0 Å². The largest absolute Gasteiger partial charge is 0.372 e. The molecule has 2 aliphatic carbocycles. The van der Waals surface area contributed by atoms with Gasteiger partial charge in [0.1, 0.15) is 11.1 Å². The zero-order chi connectivity index (χ0) is 29.2. The highest BCUT2D eigenvalue weighted by molar-refractivity contribution is 9.10. The number of hydrogen-bond donors (Lipinski definition) is 2. The second-order valence-corrected chi connectivity index (χ2v) is 13.5. The Labute approximate surface area is 262 Å². The van der Waals surface area contributed by atoms with Crippen molar-refractivity contribution in [2.24, 2.45) is 0 Å².